The molecule has 20 heavy (non-hydrogen) atoms. The van der Waals surface area contributed by atoms with Gasteiger partial charge in [-0.05, 0) is 30.3 Å². The molecule has 1 N–H and O–H groups in total. The molecule has 1 aromatic carbocycles. The van der Waals surface area contributed by atoms with Crippen molar-refractivity contribution in [1.29, 1.82) is 5.26 Å². The molecule has 0 bridgehead atoms. The number of rotatable bonds is 5. The van der Waals surface area contributed by atoms with E-state index in [0.717, 1.165) is 0 Å². The lowest BCUT2D eigenvalue weighted by Crippen LogP contribution is -2.16. The van der Waals surface area contributed by atoms with Crippen LogP contribution in [-0.4, -0.2) is 22.0 Å². The first-order chi connectivity index (χ1) is 9.70. The third-order valence-corrected chi connectivity index (χ3v) is 3.32. The number of amides is 1. The van der Waals surface area contributed by atoms with Crippen LogP contribution in [0.5, 0.6) is 0 Å². The van der Waals surface area contributed by atoms with Crippen molar-refractivity contribution in [2.75, 3.05) is 16.8 Å². The number of nitrogens with zero attached hydrogens (tertiary/aromatic N) is 2. The van der Waals surface area contributed by atoms with Gasteiger partial charge in [0.2, 0.25) is 5.91 Å². The van der Waals surface area contributed by atoms with E-state index in [9.17, 15) is 9.18 Å². The van der Waals surface area contributed by atoms with Gasteiger partial charge in [0, 0.05) is 12.4 Å². The molecule has 0 aliphatic carbocycles. The SMILES string of the molecule is N#CCSCC(=O)Nc1ccc(F)cc1-n1cccc1. The summed E-state index contributed by atoms with van der Waals surface area (Å²) in [5.74, 6) is -0.131. The minimum Gasteiger partial charge on any atom is -0.324 e. The zero-order valence-corrected chi connectivity index (χ0v) is 11.4. The number of hydrogen-bond acceptors (Lipinski definition) is 3. The summed E-state index contributed by atoms with van der Waals surface area (Å²) in [5, 5.41) is 11.1. The Kier molecular flexibility index (Phi) is 4.80. The van der Waals surface area contributed by atoms with Crippen molar-refractivity contribution in [2.45, 2.75) is 0 Å². The van der Waals surface area contributed by atoms with Gasteiger partial charge in [-0.2, -0.15) is 5.26 Å². The van der Waals surface area contributed by atoms with Crippen molar-refractivity contribution in [3.63, 3.8) is 0 Å². The number of thioether (sulfide) groups is 1. The van der Waals surface area contributed by atoms with E-state index in [2.05, 4.69) is 5.32 Å². The van der Waals surface area contributed by atoms with Crippen molar-refractivity contribution >= 4 is 23.4 Å². The van der Waals surface area contributed by atoms with Crippen LogP contribution in [0.25, 0.3) is 5.69 Å². The average Bonchev–Trinajstić information content (AvgIpc) is 2.95. The maximum atomic E-state index is 13.4. The normalized spacial score (nSPS) is 10.0. The molecule has 0 fully saturated rings. The summed E-state index contributed by atoms with van der Waals surface area (Å²) in [6, 6.07) is 9.78. The summed E-state index contributed by atoms with van der Waals surface area (Å²) >= 11 is 1.23. The molecule has 0 aliphatic rings. The van der Waals surface area contributed by atoms with Crippen LogP contribution in [0.15, 0.2) is 42.7 Å². The van der Waals surface area contributed by atoms with Crippen LogP contribution in [0.1, 0.15) is 0 Å². The largest absolute Gasteiger partial charge is 0.324 e. The molecule has 0 spiro atoms. The molecule has 2 aromatic rings. The number of halogens is 1. The van der Waals surface area contributed by atoms with Gasteiger partial charge in [-0.25, -0.2) is 4.39 Å². The summed E-state index contributed by atoms with van der Waals surface area (Å²) in [4.78, 5) is 11.7. The first kappa shape index (κ1) is 14.2. The Labute approximate surface area is 120 Å². The van der Waals surface area contributed by atoms with Gasteiger partial charge >= 0.3 is 0 Å². The lowest BCUT2D eigenvalue weighted by atomic mass is 10.2. The molecule has 1 amide bonds. The lowest BCUT2D eigenvalue weighted by molar-refractivity contribution is -0.113. The number of nitrogens with one attached hydrogen (secondary N) is 1. The number of hydrogen-bond donors (Lipinski definition) is 1. The summed E-state index contributed by atoms with van der Waals surface area (Å²) in [5.41, 5.74) is 1.10. The van der Waals surface area contributed by atoms with Crippen LogP contribution in [-0.2, 0) is 4.79 Å². The first-order valence-corrected chi connectivity index (χ1v) is 7.03. The van der Waals surface area contributed by atoms with Gasteiger partial charge in [0.05, 0.1) is 28.9 Å². The lowest BCUT2D eigenvalue weighted by Gasteiger charge is -2.12. The molecule has 6 heteroatoms. The van der Waals surface area contributed by atoms with E-state index in [1.165, 1.54) is 30.0 Å². The molecule has 0 radical (unpaired) electrons. The Hall–Kier alpha value is -2.26. The van der Waals surface area contributed by atoms with Crippen LogP contribution >= 0.6 is 11.8 Å². The highest BCUT2D eigenvalue weighted by Crippen LogP contribution is 2.22. The van der Waals surface area contributed by atoms with Gasteiger partial charge < -0.3 is 9.88 Å². The third kappa shape index (κ3) is 3.62. The van der Waals surface area contributed by atoms with E-state index >= 15 is 0 Å². The molecular formula is C14H12FN3OS. The summed E-state index contributed by atoms with van der Waals surface area (Å²) in [7, 11) is 0. The molecule has 2 rings (SSSR count). The van der Waals surface area contributed by atoms with Gasteiger partial charge in [0.15, 0.2) is 0 Å². The molecule has 1 aromatic heterocycles. The highest BCUT2D eigenvalue weighted by Gasteiger charge is 2.09. The predicted octanol–water partition coefficient (Wildman–Crippen LogP) is 2.81. The Morgan fingerprint density at radius 3 is 2.85 bits per heavy atom. The highest BCUT2D eigenvalue weighted by molar-refractivity contribution is 8.00. The van der Waals surface area contributed by atoms with Crippen LogP contribution in [0.4, 0.5) is 10.1 Å². The van der Waals surface area contributed by atoms with Crippen LogP contribution < -0.4 is 5.32 Å². The summed E-state index contributed by atoms with van der Waals surface area (Å²) < 4.78 is 15.1. The van der Waals surface area contributed by atoms with Crippen LogP contribution in [0, 0.1) is 17.1 Å². The molecule has 0 saturated carbocycles. The maximum Gasteiger partial charge on any atom is 0.234 e. The molecule has 0 unspecified atom stereocenters. The fourth-order valence-electron chi connectivity index (χ4n) is 1.69. The molecule has 1 heterocycles. The number of nitriles is 1. The van der Waals surface area contributed by atoms with Gasteiger partial charge in [-0.1, -0.05) is 0 Å². The average molecular weight is 289 g/mol. The number of aromatic nitrogens is 1. The number of benzene rings is 1. The Morgan fingerprint density at radius 1 is 1.40 bits per heavy atom. The van der Waals surface area contributed by atoms with Crippen molar-refractivity contribution in [3.05, 3.63) is 48.5 Å². The van der Waals surface area contributed by atoms with Crippen molar-refractivity contribution in [1.82, 2.24) is 4.57 Å². The summed E-state index contributed by atoms with van der Waals surface area (Å²) in [6.07, 6.45) is 3.55. The second kappa shape index (κ2) is 6.78. The summed E-state index contributed by atoms with van der Waals surface area (Å²) in [6.45, 7) is 0. The Bertz CT molecular complexity index is 634. The van der Waals surface area contributed by atoms with Gasteiger partial charge in [-0.15, -0.1) is 11.8 Å². The van der Waals surface area contributed by atoms with E-state index in [4.69, 9.17) is 5.26 Å². The zero-order chi connectivity index (χ0) is 14.4. The topological polar surface area (TPSA) is 57.8 Å². The highest BCUT2D eigenvalue weighted by atomic mass is 32.2. The van der Waals surface area contributed by atoms with Crippen molar-refractivity contribution in [2.24, 2.45) is 0 Å². The number of carbonyl (C=O) groups is 1. The smallest absolute Gasteiger partial charge is 0.234 e. The van der Waals surface area contributed by atoms with E-state index in [1.54, 1.807) is 17.0 Å². The van der Waals surface area contributed by atoms with Gasteiger partial charge in [0.1, 0.15) is 5.82 Å². The fourth-order valence-corrected chi connectivity index (χ4v) is 2.15. The standard InChI is InChI=1S/C14H12FN3OS/c15-11-3-4-12(17-14(19)10-20-8-5-16)13(9-11)18-6-1-2-7-18/h1-4,6-7,9H,8,10H2,(H,17,19). The van der Waals surface area contributed by atoms with E-state index in [1.807, 2.05) is 18.2 Å². The predicted molar refractivity (Wildman–Crippen MR) is 77.3 cm³/mol. The quantitative estimate of drug-likeness (QED) is 0.861. The Morgan fingerprint density at radius 2 is 2.15 bits per heavy atom. The molecular weight excluding hydrogens is 277 g/mol. The minimum atomic E-state index is -0.370. The van der Waals surface area contributed by atoms with Crippen molar-refractivity contribution < 1.29 is 9.18 Å². The molecule has 0 saturated heterocycles. The molecule has 0 aliphatic heterocycles. The third-order valence-electron chi connectivity index (χ3n) is 2.52. The number of anilines is 1. The molecule has 0 atom stereocenters. The fraction of sp³-hybridized carbons (Fsp3) is 0.143. The first-order valence-electron chi connectivity index (χ1n) is 5.88. The number of carbonyl (C=O) groups excluding carboxylic acids is 1. The molecule has 4 nitrogen and oxygen atoms in total. The second-order valence-corrected chi connectivity index (χ2v) is 4.94. The molecule has 102 valence electrons. The van der Waals surface area contributed by atoms with Gasteiger partial charge in [0.25, 0.3) is 0 Å². The maximum absolute atomic E-state index is 13.4. The Balaban J connectivity index is 2.16. The zero-order valence-electron chi connectivity index (χ0n) is 10.5. The van der Waals surface area contributed by atoms with E-state index in [-0.39, 0.29) is 23.2 Å². The minimum absolute atomic E-state index is 0.191. The second-order valence-electron chi connectivity index (χ2n) is 3.95. The van der Waals surface area contributed by atoms with Gasteiger partial charge in [-0.3, -0.25) is 4.79 Å². The van der Waals surface area contributed by atoms with E-state index in [0.29, 0.717) is 11.4 Å². The van der Waals surface area contributed by atoms with Crippen LogP contribution in [0.3, 0.4) is 0 Å². The van der Waals surface area contributed by atoms with Crippen molar-refractivity contribution in [3.8, 4) is 11.8 Å². The monoisotopic (exact) mass is 289 g/mol. The van der Waals surface area contributed by atoms with E-state index < -0.39 is 0 Å². The van der Waals surface area contributed by atoms with Crippen LogP contribution in [0.2, 0.25) is 0 Å².